The molecule has 16 heavy (non-hydrogen) atoms. The Hall–Kier alpha value is -2.11. The third-order valence-corrected chi connectivity index (χ3v) is 1.93. The number of carbonyl (C=O) groups is 1. The highest BCUT2D eigenvalue weighted by Gasteiger charge is 2.14. The molecule has 1 atom stereocenters. The highest BCUT2D eigenvalue weighted by Crippen LogP contribution is 2.21. The number of carboxylic acid groups (broad SMARTS) is 1. The van der Waals surface area contributed by atoms with Crippen molar-refractivity contribution in [3.8, 4) is 0 Å². The third kappa shape index (κ3) is 3.56. The van der Waals surface area contributed by atoms with Crippen molar-refractivity contribution in [2.45, 2.75) is 12.5 Å². The van der Waals surface area contributed by atoms with Gasteiger partial charge in [-0.3, -0.25) is 4.79 Å². The fourth-order valence-corrected chi connectivity index (χ4v) is 1.27. The molecule has 5 N–H and O–H groups in total. The van der Waals surface area contributed by atoms with E-state index in [2.05, 4.69) is 4.99 Å². The van der Waals surface area contributed by atoms with Crippen LogP contribution >= 0.6 is 0 Å². The van der Waals surface area contributed by atoms with Crippen LogP contribution in [0.4, 0.5) is 4.39 Å². The molecule has 86 valence electrons. The highest BCUT2D eigenvalue weighted by atomic mass is 19.1. The number of benzene rings is 1. The molecule has 0 saturated carbocycles. The van der Waals surface area contributed by atoms with Crippen LogP contribution in [0.1, 0.15) is 18.0 Å². The van der Waals surface area contributed by atoms with E-state index >= 15 is 0 Å². The molecule has 0 aliphatic rings. The topological polar surface area (TPSA) is 102 Å². The summed E-state index contributed by atoms with van der Waals surface area (Å²) < 4.78 is 12.7. The Morgan fingerprint density at radius 2 is 1.94 bits per heavy atom. The predicted octanol–water partition coefficient (Wildman–Crippen LogP) is 0.615. The summed E-state index contributed by atoms with van der Waals surface area (Å²) in [5.41, 5.74) is 10.9. The summed E-state index contributed by atoms with van der Waals surface area (Å²) in [7, 11) is 0. The molecule has 0 aliphatic carbocycles. The van der Waals surface area contributed by atoms with Crippen LogP contribution in [0.3, 0.4) is 0 Å². The molecule has 6 heteroatoms. The lowest BCUT2D eigenvalue weighted by Crippen LogP contribution is -2.24. The number of aliphatic carboxylic acids is 1. The number of halogens is 1. The highest BCUT2D eigenvalue weighted by molar-refractivity contribution is 5.76. The second-order valence-electron chi connectivity index (χ2n) is 3.22. The predicted molar refractivity (Wildman–Crippen MR) is 57.2 cm³/mol. The van der Waals surface area contributed by atoms with Crippen LogP contribution in [0, 0.1) is 5.82 Å². The van der Waals surface area contributed by atoms with Crippen molar-refractivity contribution in [3.63, 3.8) is 0 Å². The fourth-order valence-electron chi connectivity index (χ4n) is 1.27. The van der Waals surface area contributed by atoms with Gasteiger partial charge in [0.2, 0.25) is 0 Å². The van der Waals surface area contributed by atoms with Gasteiger partial charge in [0.15, 0.2) is 5.96 Å². The molecule has 0 fully saturated rings. The fraction of sp³-hybridized carbons (Fsp3) is 0.200. The summed E-state index contributed by atoms with van der Waals surface area (Å²) in [6.07, 6.45) is -0.246. The molecular weight excluding hydrogens is 213 g/mol. The number of guanidine groups is 1. The molecule has 1 rings (SSSR count). The van der Waals surface area contributed by atoms with Crippen molar-refractivity contribution in [2.75, 3.05) is 0 Å². The van der Waals surface area contributed by atoms with Crippen molar-refractivity contribution in [1.29, 1.82) is 0 Å². The van der Waals surface area contributed by atoms with Gasteiger partial charge in [-0.1, -0.05) is 12.1 Å². The zero-order chi connectivity index (χ0) is 12.1. The minimum absolute atomic E-state index is 0.199. The van der Waals surface area contributed by atoms with Crippen LogP contribution in [-0.4, -0.2) is 17.0 Å². The van der Waals surface area contributed by atoms with Gasteiger partial charge in [-0.2, -0.15) is 0 Å². The van der Waals surface area contributed by atoms with Crippen LogP contribution in [0.2, 0.25) is 0 Å². The first kappa shape index (κ1) is 12.0. The maximum atomic E-state index is 12.7. The lowest BCUT2D eigenvalue weighted by Gasteiger charge is -2.10. The van der Waals surface area contributed by atoms with Crippen molar-refractivity contribution in [3.05, 3.63) is 35.6 Å². The third-order valence-electron chi connectivity index (χ3n) is 1.93. The molecule has 5 nitrogen and oxygen atoms in total. The minimum Gasteiger partial charge on any atom is -0.481 e. The first-order valence-electron chi connectivity index (χ1n) is 4.55. The van der Waals surface area contributed by atoms with Gasteiger partial charge in [0, 0.05) is 0 Å². The first-order chi connectivity index (χ1) is 7.49. The quantitative estimate of drug-likeness (QED) is 0.516. The number of hydrogen-bond acceptors (Lipinski definition) is 2. The monoisotopic (exact) mass is 225 g/mol. The van der Waals surface area contributed by atoms with Gasteiger partial charge < -0.3 is 16.6 Å². The minimum atomic E-state index is -1.03. The van der Waals surface area contributed by atoms with E-state index < -0.39 is 17.8 Å². The van der Waals surface area contributed by atoms with E-state index in [1.54, 1.807) is 0 Å². The summed E-state index contributed by atoms with van der Waals surface area (Å²) in [6, 6.07) is 4.67. The Labute approximate surface area is 91.6 Å². The van der Waals surface area contributed by atoms with Crippen molar-refractivity contribution in [1.82, 2.24) is 0 Å². The van der Waals surface area contributed by atoms with E-state index in [4.69, 9.17) is 16.6 Å². The average molecular weight is 225 g/mol. The number of nitrogens with two attached hydrogens (primary N) is 2. The van der Waals surface area contributed by atoms with Crippen LogP contribution in [0.15, 0.2) is 29.3 Å². The molecule has 0 radical (unpaired) electrons. The largest absolute Gasteiger partial charge is 0.481 e. The Morgan fingerprint density at radius 1 is 1.38 bits per heavy atom. The molecule has 0 bridgehead atoms. The lowest BCUT2D eigenvalue weighted by molar-refractivity contribution is -0.137. The molecule has 0 amide bonds. The Morgan fingerprint density at radius 3 is 2.38 bits per heavy atom. The number of hydrogen-bond donors (Lipinski definition) is 3. The molecular formula is C10H12FN3O2. The Bertz CT molecular complexity index is 399. The van der Waals surface area contributed by atoms with Crippen LogP contribution in [-0.2, 0) is 4.79 Å². The average Bonchev–Trinajstić information content (AvgIpc) is 2.16. The molecule has 1 aromatic carbocycles. The van der Waals surface area contributed by atoms with Crippen LogP contribution in [0.25, 0.3) is 0 Å². The maximum absolute atomic E-state index is 12.7. The summed E-state index contributed by atoms with van der Waals surface area (Å²) >= 11 is 0. The molecule has 1 unspecified atom stereocenters. The zero-order valence-electron chi connectivity index (χ0n) is 8.43. The van der Waals surface area contributed by atoms with Crippen molar-refractivity contribution < 1.29 is 14.3 Å². The van der Waals surface area contributed by atoms with Crippen LogP contribution < -0.4 is 11.5 Å². The zero-order valence-corrected chi connectivity index (χ0v) is 8.43. The summed E-state index contributed by atoms with van der Waals surface area (Å²) in [5.74, 6) is -1.63. The molecule has 0 saturated heterocycles. The second kappa shape index (κ2) is 5.11. The SMILES string of the molecule is NC(N)=NC(CC(=O)O)c1ccc(F)cc1. The second-order valence-corrected chi connectivity index (χ2v) is 3.22. The molecule has 0 spiro atoms. The number of nitrogens with zero attached hydrogens (tertiary/aromatic N) is 1. The van der Waals surface area contributed by atoms with Gasteiger partial charge in [-0.05, 0) is 17.7 Å². The molecule has 0 heterocycles. The number of rotatable bonds is 4. The van der Waals surface area contributed by atoms with Gasteiger partial charge in [0.1, 0.15) is 5.82 Å². The van der Waals surface area contributed by atoms with Gasteiger partial charge >= 0.3 is 5.97 Å². The van der Waals surface area contributed by atoms with Crippen LogP contribution in [0.5, 0.6) is 0 Å². The number of aliphatic imine (C=N–C) groups is 1. The van der Waals surface area contributed by atoms with Gasteiger partial charge in [0.05, 0.1) is 12.5 Å². The van der Waals surface area contributed by atoms with Gasteiger partial charge in [0.25, 0.3) is 0 Å². The number of carboxylic acids is 1. The van der Waals surface area contributed by atoms with Gasteiger partial charge in [-0.15, -0.1) is 0 Å². The Kier molecular flexibility index (Phi) is 3.82. The van der Waals surface area contributed by atoms with E-state index in [9.17, 15) is 9.18 Å². The van der Waals surface area contributed by atoms with Crippen molar-refractivity contribution >= 4 is 11.9 Å². The van der Waals surface area contributed by atoms with Gasteiger partial charge in [-0.25, -0.2) is 9.38 Å². The van der Waals surface area contributed by atoms with E-state index in [1.165, 1.54) is 24.3 Å². The summed E-state index contributed by atoms with van der Waals surface area (Å²) in [4.78, 5) is 14.4. The van der Waals surface area contributed by atoms with E-state index in [-0.39, 0.29) is 12.4 Å². The van der Waals surface area contributed by atoms with E-state index in [1.807, 2.05) is 0 Å². The molecule has 0 aliphatic heterocycles. The Balaban J connectivity index is 2.96. The standard InChI is InChI=1S/C10H12FN3O2/c11-7-3-1-6(2-4-7)8(5-9(15)16)14-10(12)13/h1-4,8H,5H2,(H,15,16)(H4,12,13,14). The van der Waals surface area contributed by atoms with Crippen molar-refractivity contribution in [2.24, 2.45) is 16.5 Å². The summed E-state index contributed by atoms with van der Waals surface area (Å²) in [5, 5.41) is 8.69. The van der Waals surface area contributed by atoms with E-state index in [0.717, 1.165) is 0 Å². The first-order valence-corrected chi connectivity index (χ1v) is 4.55. The lowest BCUT2D eigenvalue weighted by atomic mass is 10.0. The molecule has 0 aromatic heterocycles. The normalized spacial score (nSPS) is 11.8. The smallest absolute Gasteiger partial charge is 0.305 e. The summed E-state index contributed by atoms with van der Waals surface area (Å²) in [6.45, 7) is 0. The maximum Gasteiger partial charge on any atom is 0.305 e. The van der Waals surface area contributed by atoms with E-state index in [0.29, 0.717) is 5.56 Å². The molecule has 1 aromatic rings.